The molecule has 0 radical (unpaired) electrons. The summed E-state index contributed by atoms with van der Waals surface area (Å²) >= 11 is 18.0. The minimum atomic E-state index is -0.110. The minimum absolute atomic E-state index is 0.110. The first-order chi connectivity index (χ1) is 10.1. The molecule has 0 aliphatic rings. The van der Waals surface area contributed by atoms with Crippen LogP contribution < -0.4 is 0 Å². The number of carbonyl (C=O) groups is 1. The highest BCUT2D eigenvalue weighted by atomic mass is 35.5. The average Bonchev–Trinajstić information content (AvgIpc) is 2.50. The Kier molecular flexibility index (Phi) is 3.90. The van der Waals surface area contributed by atoms with Gasteiger partial charge in [0.1, 0.15) is 0 Å². The number of benzene rings is 3. The van der Waals surface area contributed by atoms with E-state index < -0.39 is 0 Å². The molecule has 0 unspecified atom stereocenters. The van der Waals surface area contributed by atoms with Crippen LogP contribution in [0.25, 0.3) is 10.8 Å². The average molecular weight is 336 g/mol. The highest BCUT2D eigenvalue weighted by Crippen LogP contribution is 2.29. The summed E-state index contributed by atoms with van der Waals surface area (Å²) in [6, 6.07) is 15.9. The van der Waals surface area contributed by atoms with Gasteiger partial charge in [-0.05, 0) is 35.7 Å². The summed E-state index contributed by atoms with van der Waals surface area (Å²) in [5.74, 6) is -0.110. The molecule has 0 N–H and O–H groups in total. The molecule has 104 valence electrons. The molecule has 0 saturated carbocycles. The summed E-state index contributed by atoms with van der Waals surface area (Å²) in [6.45, 7) is 0. The van der Waals surface area contributed by atoms with E-state index in [4.69, 9.17) is 34.8 Å². The molecule has 0 atom stereocenters. The van der Waals surface area contributed by atoms with Gasteiger partial charge in [0, 0.05) is 21.5 Å². The first-order valence-corrected chi connectivity index (χ1v) is 7.38. The molecular weight excluding hydrogens is 327 g/mol. The van der Waals surface area contributed by atoms with Gasteiger partial charge in [0.15, 0.2) is 5.78 Å². The number of rotatable bonds is 2. The Labute approximate surface area is 137 Å². The monoisotopic (exact) mass is 334 g/mol. The van der Waals surface area contributed by atoms with E-state index in [2.05, 4.69) is 0 Å². The fraction of sp³-hybridized carbons (Fsp3) is 0. The fourth-order valence-corrected chi connectivity index (χ4v) is 2.78. The van der Waals surface area contributed by atoms with E-state index in [1.807, 2.05) is 24.3 Å². The zero-order chi connectivity index (χ0) is 15.0. The van der Waals surface area contributed by atoms with Crippen LogP contribution in [-0.2, 0) is 0 Å². The zero-order valence-corrected chi connectivity index (χ0v) is 13.0. The van der Waals surface area contributed by atoms with E-state index in [-0.39, 0.29) is 5.78 Å². The van der Waals surface area contributed by atoms with E-state index in [1.165, 1.54) is 0 Å². The van der Waals surface area contributed by atoms with E-state index >= 15 is 0 Å². The Balaban J connectivity index is 2.18. The number of halogens is 3. The van der Waals surface area contributed by atoms with Crippen LogP contribution in [0.4, 0.5) is 0 Å². The van der Waals surface area contributed by atoms with Crippen LogP contribution in [0.15, 0.2) is 54.6 Å². The molecule has 0 bridgehead atoms. The molecule has 1 nitrogen and oxygen atoms in total. The molecule has 0 saturated heterocycles. The first kappa shape index (κ1) is 14.4. The normalized spacial score (nSPS) is 10.8. The third-order valence-electron chi connectivity index (χ3n) is 3.30. The van der Waals surface area contributed by atoms with Gasteiger partial charge in [0.25, 0.3) is 0 Å². The first-order valence-electron chi connectivity index (χ1n) is 6.25. The molecular formula is C17H9Cl3O. The summed E-state index contributed by atoms with van der Waals surface area (Å²) < 4.78 is 0. The molecule has 3 aromatic carbocycles. The maximum atomic E-state index is 12.7. The van der Waals surface area contributed by atoms with Crippen molar-refractivity contribution in [3.05, 3.63) is 80.8 Å². The highest BCUT2D eigenvalue weighted by Gasteiger charge is 2.14. The smallest absolute Gasteiger partial charge is 0.193 e. The van der Waals surface area contributed by atoms with E-state index in [0.29, 0.717) is 26.2 Å². The second-order valence-corrected chi connectivity index (χ2v) is 5.82. The van der Waals surface area contributed by atoms with Crippen molar-refractivity contribution in [1.29, 1.82) is 0 Å². The summed E-state index contributed by atoms with van der Waals surface area (Å²) in [7, 11) is 0. The van der Waals surface area contributed by atoms with Crippen LogP contribution in [0, 0.1) is 0 Å². The van der Waals surface area contributed by atoms with Gasteiger partial charge in [-0.25, -0.2) is 0 Å². The van der Waals surface area contributed by atoms with Crippen molar-refractivity contribution in [2.75, 3.05) is 0 Å². The zero-order valence-electron chi connectivity index (χ0n) is 10.7. The van der Waals surface area contributed by atoms with Crippen molar-refractivity contribution >= 4 is 51.4 Å². The van der Waals surface area contributed by atoms with Crippen molar-refractivity contribution in [3.8, 4) is 0 Å². The Morgan fingerprint density at radius 3 is 2.10 bits per heavy atom. The largest absolute Gasteiger partial charge is 0.289 e. The van der Waals surface area contributed by atoms with Crippen molar-refractivity contribution in [1.82, 2.24) is 0 Å². The Hall–Kier alpha value is -1.54. The van der Waals surface area contributed by atoms with Crippen LogP contribution in [0.1, 0.15) is 15.9 Å². The summed E-state index contributed by atoms with van der Waals surface area (Å²) in [4.78, 5) is 12.7. The molecule has 3 aromatic rings. The second kappa shape index (κ2) is 5.69. The Bertz CT molecular complexity index is 856. The third kappa shape index (κ3) is 2.65. The van der Waals surface area contributed by atoms with Crippen molar-refractivity contribution in [2.45, 2.75) is 0 Å². The number of hydrogen-bond donors (Lipinski definition) is 0. The molecule has 0 heterocycles. The Morgan fingerprint density at radius 1 is 0.714 bits per heavy atom. The van der Waals surface area contributed by atoms with Gasteiger partial charge < -0.3 is 0 Å². The molecule has 21 heavy (non-hydrogen) atoms. The molecule has 0 aromatic heterocycles. The van der Waals surface area contributed by atoms with Gasteiger partial charge in [-0.1, -0.05) is 59.1 Å². The minimum Gasteiger partial charge on any atom is -0.289 e. The number of ketones is 1. The lowest BCUT2D eigenvalue weighted by Crippen LogP contribution is -2.02. The van der Waals surface area contributed by atoms with Crippen molar-refractivity contribution < 1.29 is 4.79 Å². The fourth-order valence-electron chi connectivity index (χ4n) is 2.25. The van der Waals surface area contributed by atoms with E-state index in [1.54, 1.807) is 30.3 Å². The number of carbonyl (C=O) groups excluding carboxylic acids is 1. The summed E-state index contributed by atoms with van der Waals surface area (Å²) in [5.41, 5.74) is 1.09. The lowest BCUT2D eigenvalue weighted by atomic mass is 9.97. The lowest BCUT2D eigenvalue weighted by Gasteiger charge is -2.08. The van der Waals surface area contributed by atoms with E-state index in [9.17, 15) is 4.79 Å². The molecule has 0 aliphatic heterocycles. The predicted molar refractivity (Wildman–Crippen MR) is 88.9 cm³/mol. The van der Waals surface area contributed by atoms with Crippen molar-refractivity contribution in [2.24, 2.45) is 0 Å². The Morgan fingerprint density at radius 2 is 1.38 bits per heavy atom. The van der Waals surface area contributed by atoms with Crippen molar-refractivity contribution in [3.63, 3.8) is 0 Å². The van der Waals surface area contributed by atoms with Crippen LogP contribution in [0.5, 0.6) is 0 Å². The molecule has 0 spiro atoms. The van der Waals surface area contributed by atoms with Crippen LogP contribution in [0.2, 0.25) is 15.1 Å². The lowest BCUT2D eigenvalue weighted by molar-refractivity contribution is 0.104. The van der Waals surface area contributed by atoms with Gasteiger partial charge >= 0.3 is 0 Å². The quantitative estimate of drug-likeness (QED) is 0.522. The molecule has 0 fully saturated rings. The third-order valence-corrected chi connectivity index (χ3v) is 4.37. The van der Waals surface area contributed by atoms with E-state index in [0.717, 1.165) is 10.8 Å². The SMILES string of the molecule is O=C(c1ccc(Cl)c(Cl)c1)c1ccc(Cl)c2ccccc12. The van der Waals surface area contributed by atoms with Gasteiger partial charge in [0.05, 0.1) is 10.0 Å². The maximum absolute atomic E-state index is 12.7. The van der Waals surface area contributed by atoms with Crippen LogP contribution >= 0.6 is 34.8 Å². The number of fused-ring (bicyclic) bond motifs is 1. The summed E-state index contributed by atoms with van der Waals surface area (Å²) in [5, 5.41) is 3.08. The van der Waals surface area contributed by atoms with Gasteiger partial charge in [-0.2, -0.15) is 0 Å². The summed E-state index contributed by atoms with van der Waals surface area (Å²) in [6.07, 6.45) is 0. The van der Waals surface area contributed by atoms with Gasteiger partial charge in [-0.3, -0.25) is 4.79 Å². The number of hydrogen-bond acceptors (Lipinski definition) is 1. The molecule has 3 rings (SSSR count). The second-order valence-electron chi connectivity index (χ2n) is 4.60. The molecule has 0 aliphatic carbocycles. The standard InChI is InChI=1S/C17H9Cl3O/c18-14-8-6-13(11-3-1-2-4-12(11)14)17(21)10-5-7-15(19)16(20)9-10/h1-9H. The van der Waals surface area contributed by atoms with Gasteiger partial charge in [-0.15, -0.1) is 0 Å². The molecule has 4 heteroatoms. The molecule has 0 amide bonds. The topological polar surface area (TPSA) is 17.1 Å². The van der Waals surface area contributed by atoms with Crippen LogP contribution in [0.3, 0.4) is 0 Å². The van der Waals surface area contributed by atoms with Crippen LogP contribution in [-0.4, -0.2) is 5.78 Å². The maximum Gasteiger partial charge on any atom is 0.193 e. The predicted octanol–water partition coefficient (Wildman–Crippen LogP) is 6.03. The van der Waals surface area contributed by atoms with Gasteiger partial charge in [0.2, 0.25) is 0 Å². The highest BCUT2D eigenvalue weighted by molar-refractivity contribution is 6.42.